The van der Waals surface area contributed by atoms with Crippen LogP contribution in [0.15, 0.2) is 121 Å². The Morgan fingerprint density at radius 2 is 1.35 bits per heavy atom. The minimum Gasteiger partial charge on any atom is -0.468 e. The van der Waals surface area contributed by atoms with Gasteiger partial charge in [0.1, 0.15) is 6.04 Å². The summed E-state index contributed by atoms with van der Waals surface area (Å²) < 4.78 is 5.33. The van der Waals surface area contributed by atoms with Crippen molar-refractivity contribution in [2.75, 3.05) is 12.8 Å². The summed E-state index contributed by atoms with van der Waals surface area (Å²) in [6.45, 7) is 0. The van der Waals surface area contributed by atoms with E-state index in [1.807, 2.05) is 78.9 Å². The molecule has 3 N–H and O–H groups in total. The normalized spacial score (nSPS) is 12.2. The van der Waals surface area contributed by atoms with Crippen LogP contribution in [0, 0.1) is 0 Å². The average Bonchev–Trinajstić information content (AvgIpc) is 2.97. The maximum absolute atomic E-state index is 13.4. The highest BCUT2D eigenvalue weighted by Crippen LogP contribution is 2.38. The number of nitrogens with zero attached hydrogens (tertiary/aromatic N) is 1. The standard InChI is InChI=1S/C32H29N3O2/c1-37-31(36)29(22-23-19-20-28(33)30-27(23)18-11-21-34-30)35-32(24-12-5-2-6-13-24,25-14-7-3-8-15-25)26-16-9-4-10-17-26/h2-21,29,35H,22,33H2,1H3. The van der Waals surface area contributed by atoms with E-state index >= 15 is 0 Å². The number of hydrogen-bond donors (Lipinski definition) is 2. The molecule has 1 aromatic heterocycles. The Morgan fingerprint density at radius 1 is 0.811 bits per heavy atom. The van der Waals surface area contributed by atoms with Gasteiger partial charge in [0.05, 0.1) is 23.9 Å². The first-order valence-electron chi connectivity index (χ1n) is 12.3. The van der Waals surface area contributed by atoms with Crippen LogP contribution in [0.25, 0.3) is 10.9 Å². The van der Waals surface area contributed by atoms with Crippen molar-refractivity contribution in [1.82, 2.24) is 10.3 Å². The second-order valence-corrected chi connectivity index (χ2v) is 8.99. The van der Waals surface area contributed by atoms with Gasteiger partial charge in [0.25, 0.3) is 0 Å². The van der Waals surface area contributed by atoms with Gasteiger partial charge in [-0.25, -0.2) is 0 Å². The van der Waals surface area contributed by atoms with Crippen LogP contribution in [0.5, 0.6) is 0 Å². The van der Waals surface area contributed by atoms with Crippen molar-refractivity contribution in [3.05, 3.63) is 144 Å². The molecule has 5 rings (SSSR count). The molecule has 0 amide bonds. The predicted molar refractivity (Wildman–Crippen MR) is 148 cm³/mol. The van der Waals surface area contributed by atoms with E-state index < -0.39 is 11.6 Å². The van der Waals surface area contributed by atoms with Crippen LogP contribution in [-0.4, -0.2) is 24.1 Å². The number of ether oxygens (including phenoxy) is 1. The Bertz CT molecular complexity index is 1390. The van der Waals surface area contributed by atoms with Gasteiger partial charge in [0.2, 0.25) is 0 Å². The molecule has 184 valence electrons. The van der Waals surface area contributed by atoms with Gasteiger partial charge in [0.15, 0.2) is 0 Å². The van der Waals surface area contributed by atoms with Crippen LogP contribution in [0.4, 0.5) is 5.69 Å². The van der Waals surface area contributed by atoms with Crippen LogP contribution >= 0.6 is 0 Å². The summed E-state index contributed by atoms with van der Waals surface area (Å²) in [5.41, 5.74) is 10.7. The van der Waals surface area contributed by atoms with Gasteiger partial charge in [-0.1, -0.05) is 103 Å². The van der Waals surface area contributed by atoms with E-state index in [-0.39, 0.29) is 5.97 Å². The van der Waals surface area contributed by atoms with Gasteiger partial charge in [-0.2, -0.15) is 0 Å². The summed E-state index contributed by atoms with van der Waals surface area (Å²) in [6, 6.07) is 37.6. The Balaban J connectivity index is 1.69. The van der Waals surface area contributed by atoms with E-state index in [9.17, 15) is 4.79 Å². The van der Waals surface area contributed by atoms with E-state index in [0.717, 1.165) is 33.2 Å². The van der Waals surface area contributed by atoms with Crippen LogP contribution in [0.1, 0.15) is 22.3 Å². The summed E-state index contributed by atoms with van der Waals surface area (Å²) in [5, 5.41) is 4.69. The number of methoxy groups -OCH3 is 1. The van der Waals surface area contributed by atoms with Crippen molar-refractivity contribution in [1.29, 1.82) is 0 Å². The molecule has 0 saturated heterocycles. The molecule has 1 atom stereocenters. The van der Waals surface area contributed by atoms with Crippen molar-refractivity contribution in [3.8, 4) is 0 Å². The summed E-state index contributed by atoms with van der Waals surface area (Å²) in [6.07, 6.45) is 2.12. The minimum atomic E-state index is -0.815. The van der Waals surface area contributed by atoms with Gasteiger partial charge in [0, 0.05) is 11.6 Å². The number of pyridine rings is 1. The molecule has 0 aliphatic heterocycles. The fourth-order valence-electron chi connectivity index (χ4n) is 5.06. The van der Waals surface area contributed by atoms with Crippen molar-refractivity contribution < 1.29 is 9.53 Å². The number of fused-ring (bicyclic) bond motifs is 1. The number of esters is 1. The molecule has 0 saturated carbocycles. The molecule has 5 aromatic rings. The van der Waals surface area contributed by atoms with Crippen molar-refractivity contribution in [2.24, 2.45) is 0 Å². The highest BCUT2D eigenvalue weighted by atomic mass is 16.5. The first-order valence-corrected chi connectivity index (χ1v) is 12.3. The first-order chi connectivity index (χ1) is 18.1. The Labute approximate surface area is 216 Å². The molecular weight excluding hydrogens is 458 g/mol. The van der Waals surface area contributed by atoms with E-state index in [4.69, 9.17) is 10.5 Å². The van der Waals surface area contributed by atoms with Gasteiger partial charge < -0.3 is 10.5 Å². The lowest BCUT2D eigenvalue weighted by Crippen LogP contribution is -2.53. The molecule has 5 heteroatoms. The number of carbonyl (C=O) groups excluding carboxylic acids is 1. The topological polar surface area (TPSA) is 77.2 Å². The van der Waals surface area contributed by atoms with Crippen molar-refractivity contribution in [2.45, 2.75) is 18.0 Å². The number of hydrogen-bond acceptors (Lipinski definition) is 5. The van der Waals surface area contributed by atoms with Gasteiger partial charge in [-0.3, -0.25) is 15.1 Å². The molecular formula is C32H29N3O2. The molecule has 0 spiro atoms. The predicted octanol–water partition coefficient (Wildman–Crippen LogP) is 5.48. The lowest BCUT2D eigenvalue weighted by atomic mass is 9.76. The third-order valence-corrected chi connectivity index (χ3v) is 6.81. The van der Waals surface area contributed by atoms with Crippen LogP contribution in [-0.2, 0) is 21.5 Å². The van der Waals surface area contributed by atoms with E-state index in [0.29, 0.717) is 12.1 Å². The zero-order valence-corrected chi connectivity index (χ0v) is 20.7. The third-order valence-electron chi connectivity index (χ3n) is 6.81. The van der Waals surface area contributed by atoms with Crippen molar-refractivity contribution >= 4 is 22.6 Å². The molecule has 1 unspecified atom stereocenters. The first kappa shape index (κ1) is 24.2. The van der Waals surface area contributed by atoms with Crippen molar-refractivity contribution in [3.63, 3.8) is 0 Å². The smallest absolute Gasteiger partial charge is 0.323 e. The molecule has 0 aliphatic rings. The zero-order chi connectivity index (χ0) is 25.7. The molecule has 1 heterocycles. The summed E-state index contributed by atoms with van der Waals surface area (Å²) in [4.78, 5) is 17.8. The molecule has 4 aromatic carbocycles. The van der Waals surface area contributed by atoms with Crippen LogP contribution in [0.2, 0.25) is 0 Å². The Kier molecular flexibility index (Phi) is 6.97. The Morgan fingerprint density at radius 3 is 1.86 bits per heavy atom. The summed E-state index contributed by atoms with van der Waals surface area (Å²) in [7, 11) is 1.43. The van der Waals surface area contributed by atoms with Crippen LogP contribution in [0.3, 0.4) is 0 Å². The molecule has 0 bridgehead atoms. The minimum absolute atomic E-state index is 0.346. The molecule has 5 nitrogen and oxygen atoms in total. The lowest BCUT2D eigenvalue weighted by Gasteiger charge is -2.39. The second kappa shape index (κ2) is 10.6. The SMILES string of the molecule is COC(=O)C(Cc1ccc(N)c2ncccc12)NC(c1ccccc1)(c1ccccc1)c1ccccc1. The number of benzene rings is 4. The fourth-order valence-corrected chi connectivity index (χ4v) is 5.06. The number of nitrogen functional groups attached to an aromatic ring is 1. The molecule has 0 aliphatic carbocycles. The number of anilines is 1. The lowest BCUT2D eigenvalue weighted by molar-refractivity contribution is -0.143. The quantitative estimate of drug-likeness (QED) is 0.172. The molecule has 0 radical (unpaired) electrons. The second-order valence-electron chi connectivity index (χ2n) is 8.99. The molecule has 0 fully saturated rings. The summed E-state index contributed by atoms with van der Waals surface area (Å²) in [5.74, 6) is -0.346. The third kappa shape index (κ3) is 4.69. The number of nitrogens with one attached hydrogen (secondary N) is 1. The monoisotopic (exact) mass is 487 g/mol. The van der Waals surface area contributed by atoms with E-state index in [2.05, 4.69) is 46.7 Å². The zero-order valence-electron chi connectivity index (χ0n) is 20.7. The number of nitrogens with two attached hydrogens (primary N) is 1. The van der Waals surface area contributed by atoms with Crippen LogP contribution < -0.4 is 11.1 Å². The number of rotatable bonds is 8. The summed E-state index contributed by atoms with van der Waals surface area (Å²) >= 11 is 0. The highest BCUT2D eigenvalue weighted by molar-refractivity contribution is 5.92. The average molecular weight is 488 g/mol. The van der Waals surface area contributed by atoms with E-state index in [1.54, 1.807) is 6.20 Å². The van der Waals surface area contributed by atoms with E-state index in [1.165, 1.54) is 7.11 Å². The number of carbonyl (C=O) groups is 1. The maximum Gasteiger partial charge on any atom is 0.323 e. The van der Waals surface area contributed by atoms with Gasteiger partial charge >= 0.3 is 5.97 Å². The largest absolute Gasteiger partial charge is 0.468 e. The number of aromatic nitrogens is 1. The Hall–Kier alpha value is -4.48. The van der Waals surface area contributed by atoms with Gasteiger partial charge in [-0.05, 0) is 40.8 Å². The molecule has 37 heavy (non-hydrogen) atoms. The highest BCUT2D eigenvalue weighted by Gasteiger charge is 2.40. The fraction of sp³-hybridized carbons (Fsp3) is 0.125. The maximum atomic E-state index is 13.4. The van der Waals surface area contributed by atoms with Gasteiger partial charge in [-0.15, -0.1) is 0 Å².